The van der Waals surface area contributed by atoms with Crippen LogP contribution in [0.25, 0.3) is 0 Å². The normalized spacial score (nSPS) is 21.8. The minimum Gasteiger partial charge on any atom is -0.493 e. The van der Waals surface area contributed by atoms with Crippen molar-refractivity contribution in [2.24, 2.45) is 11.8 Å². The first kappa shape index (κ1) is 19.7. The summed E-state index contributed by atoms with van der Waals surface area (Å²) < 4.78 is 5.69. The molecule has 1 amide bonds. The van der Waals surface area contributed by atoms with Crippen LogP contribution < -0.4 is 10.1 Å². The molecule has 27 heavy (non-hydrogen) atoms. The summed E-state index contributed by atoms with van der Waals surface area (Å²) in [6, 6.07) is 7.62. The van der Waals surface area contributed by atoms with E-state index in [-0.39, 0.29) is 24.5 Å². The van der Waals surface area contributed by atoms with Gasteiger partial charge in [-0.25, -0.2) is 0 Å². The van der Waals surface area contributed by atoms with Gasteiger partial charge in [-0.3, -0.25) is 14.5 Å². The van der Waals surface area contributed by atoms with Gasteiger partial charge < -0.3 is 15.2 Å². The smallest absolute Gasteiger partial charge is 0.317 e. The summed E-state index contributed by atoms with van der Waals surface area (Å²) in [5.41, 5.74) is 0.597. The fourth-order valence-corrected chi connectivity index (χ4v) is 3.41. The van der Waals surface area contributed by atoms with E-state index in [2.05, 4.69) is 24.1 Å². The van der Waals surface area contributed by atoms with Crippen molar-refractivity contribution in [1.82, 2.24) is 10.2 Å². The fraction of sp³-hybridized carbons (Fsp3) is 0.619. The Morgan fingerprint density at radius 2 is 2.04 bits per heavy atom. The number of aliphatic carboxylic acids is 1. The molecule has 1 aromatic carbocycles. The molecule has 3 rings (SSSR count). The van der Waals surface area contributed by atoms with E-state index in [9.17, 15) is 9.59 Å². The lowest BCUT2D eigenvalue weighted by Gasteiger charge is -2.42. The third-order valence-electron chi connectivity index (χ3n) is 5.17. The van der Waals surface area contributed by atoms with Crippen LogP contribution in [0.15, 0.2) is 24.3 Å². The number of hydrogen-bond acceptors (Lipinski definition) is 4. The quantitative estimate of drug-likeness (QED) is 0.658. The molecule has 0 heterocycles. The second kappa shape index (κ2) is 8.74. The standard InChI is InChI=1S/C21H30N2O4/c1-14(2)13-27-19-5-3-4-16(8-19)21(26)22-17-9-18(10-17)23(12-20(24)25)11-15-6-7-15/h3-5,8,14-15,17-18H,6-7,9-13H2,1-2H3,(H,22,26)(H,24,25). The highest BCUT2D eigenvalue weighted by atomic mass is 16.5. The van der Waals surface area contributed by atoms with E-state index >= 15 is 0 Å². The molecule has 0 radical (unpaired) electrons. The Morgan fingerprint density at radius 1 is 1.30 bits per heavy atom. The molecule has 2 aliphatic carbocycles. The van der Waals surface area contributed by atoms with Gasteiger partial charge in [-0.15, -0.1) is 0 Å². The van der Waals surface area contributed by atoms with Crippen LogP contribution in [0.2, 0.25) is 0 Å². The molecular formula is C21H30N2O4. The van der Waals surface area contributed by atoms with Gasteiger partial charge in [-0.1, -0.05) is 19.9 Å². The highest BCUT2D eigenvalue weighted by molar-refractivity contribution is 5.94. The Bertz CT molecular complexity index is 666. The van der Waals surface area contributed by atoms with Crippen molar-refractivity contribution < 1.29 is 19.4 Å². The van der Waals surface area contributed by atoms with Crippen molar-refractivity contribution >= 4 is 11.9 Å². The molecule has 0 atom stereocenters. The van der Waals surface area contributed by atoms with Gasteiger partial charge >= 0.3 is 5.97 Å². The molecule has 0 spiro atoms. The van der Waals surface area contributed by atoms with Gasteiger partial charge in [0.2, 0.25) is 0 Å². The zero-order valence-electron chi connectivity index (χ0n) is 16.2. The van der Waals surface area contributed by atoms with Crippen molar-refractivity contribution in [1.29, 1.82) is 0 Å². The van der Waals surface area contributed by atoms with Crippen LogP contribution in [0, 0.1) is 11.8 Å². The molecule has 2 saturated carbocycles. The molecule has 0 unspecified atom stereocenters. The predicted octanol–water partition coefficient (Wildman–Crippen LogP) is 2.78. The van der Waals surface area contributed by atoms with Crippen LogP contribution in [-0.2, 0) is 4.79 Å². The van der Waals surface area contributed by atoms with Crippen LogP contribution in [0.4, 0.5) is 0 Å². The first-order valence-corrected chi connectivity index (χ1v) is 9.90. The lowest BCUT2D eigenvalue weighted by atomic mass is 9.85. The maximum Gasteiger partial charge on any atom is 0.317 e. The summed E-state index contributed by atoms with van der Waals surface area (Å²) in [5.74, 6) is 0.923. The number of carbonyl (C=O) groups excluding carboxylic acids is 1. The third kappa shape index (κ3) is 5.96. The molecule has 0 aliphatic heterocycles. The van der Waals surface area contributed by atoms with E-state index in [0.717, 1.165) is 19.4 Å². The van der Waals surface area contributed by atoms with Gasteiger partial charge in [0.1, 0.15) is 5.75 Å². The molecule has 0 aromatic heterocycles. The van der Waals surface area contributed by atoms with Crippen molar-refractivity contribution in [3.63, 3.8) is 0 Å². The highest BCUT2D eigenvalue weighted by Crippen LogP contribution is 2.33. The van der Waals surface area contributed by atoms with Crippen LogP contribution >= 0.6 is 0 Å². The molecule has 6 heteroatoms. The molecule has 1 aromatic rings. The van der Waals surface area contributed by atoms with Crippen LogP contribution in [-0.4, -0.2) is 53.7 Å². The molecule has 2 fully saturated rings. The summed E-state index contributed by atoms with van der Waals surface area (Å²) in [5, 5.41) is 12.2. The number of carboxylic acid groups (broad SMARTS) is 1. The summed E-state index contributed by atoms with van der Waals surface area (Å²) >= 11 is 0. The average molecular weight is 374 g/mol. The van der Waals surface area contributed by atoms with Crippen molar-refractivity contribution in [2.75, 3.05) is 19.7 Å². The molecule has 6 nitrogen and oxygen atoms in total. The van der Waals surface area contributed by atoms with Crippen molar-refractivity contribution in [3.05, 3.63) is 29.8 Å². The number of nitrogens with zero attached hydrogens (tertiary/aromatic N) is 1. The van der Waals surface area contributed by atoms with E-state index in [4.69, 9.17) is 9.84 Å². The van der Waals surface area contributed by atoms with Crippen LogP contribution in [0.1, 0.15) is 49.9 Å². The zero-order valence-corrected chi connectivity index (χ0v) is 16.2. The molecular weight excluding hydrogens is 344 g/mol. The van der Waals surface area contributed by atoms with E-state index in [1.54, 1.807) is 12.1 Å². The summed E-state index contributed by atoms with van der Waals surface area (Å²) in [4.78, 5) is 25.7. The topological polar surface area (TPSA) is 78.9 Å². The summed E-state index contributed by atoms with van der Waals surface area (Å²) in [6.45, 7) is 5.75. The Morgan fingerprint density at radius 3 is 2.67 bits per heavy atom. The van der Waals surface area contributed by atoms with Crippen molar-refractivity contribution in [2.45, 2.75) is 51.6 Å². The maximum absolute atomic E-state index is 12.5. The highest BCUT2D eigenvalue weighted by Gasteiger charge is 2.37. The summed E-state index contributed by atoms with van der Waals surface area (Å²) in [7, 11) is 0. The number of amides is 1. The van der Waals surface area contributed by atoms with Crippen LogP contribution in [0.3, 0.4) is 0 Å². The second-order valence-electron chi connectivity index (χ2n) is 8.29. The lowest BCUT2D eigenvalue weighted by molar-refractivity contribution is -0.139. The Labute approximate surface area is 160 Å². The van der Waals surface area contributed by atoms with Gasteiger partial charge in [0, 0.05) is 24.2 Å². The van der Waals surface area contributed by atoms with Gasteiger partial charge in [0.05, 0.1) is 13.2 Å². The number of carboxylic acids is 1. The Hall–Kier alpha value is -2.08. The van der Waals surface area contributed by atoms with E-state index < -0.39 is 5.97 Å². The number of benzene rings is 1. The van der Waals surface area contributed by atoms with E-state index in [1.165, 1.54) is 12.8 Å². The molecule has 0 saturated heterocycles. The van der Waals surface area contributed by atoms with Crippen LogP contribution in [0.5, 0.6) is 5.75 Å². The fourth-order valence-electron chi connectivity index (χ4n) is 3.41. The average Bonchev–Trinajstić information content (AvgIpc) is 3.39. The van der Waals surface area contributed by atoms with E-state index in [1.807, 2.05) is 12.1 Å². The first-order chi connectivity index (χ1) is 12.9. The number of rotatable bonds is 10. The number of ether oxygens (including phenoxy) is 1. The van der Waals surface area contributed by atoms with Gasteiger partial charge in [0.15, 0.2) is 0 Å². The molecule has 2 N–H and O–H groups in total. The monoisotopic (exact) mass is 374 g/mol. The minimum absolute atomic E-state index is 0.0943. The van der Waals surface area contributed by atoms with Gasteiger partial charge in [0.25, 0.3) is 5.91 Å². The molecule has 0 bridgehead atoms. The summed E-state index contributed by atoms with van der Waals surface area (Å²) in [6.07, 6.45) is 4.04. The number of nitrogens with one attached hydrogen (secondary N) is 1. The Kier molecular flexibility index (Phi) is 6.37. The molecule has 2 aliphatic rings. The number of carbonyl (C=O) groups is 2. The maximum atomic E-state index is 12.5. The van der Waals surface area contributed by atoms with E-state index in [0.29, 0.717) is 29.8 Å². The van der Waals surface area contributed by atoms with Gasteiger partial charge in [-0.2, -0.15) is 0 Å². The third-order valence-corrected chi connectivity index (χ3v) is 5.17. The SMILES string of the molecule is CC(C)COc1cccc(C(=O)NC2CC(N(CC(=O)O)CC3CC3)C2)c1. The van der Waals surface area contributed by atoms with Gasteiger partial charge in [-0.05, 0) is 55.7 Å². The number of hydrogen-bond donors (Lipinski definition) is 2. The molecule has 148 valence electrons. The largest absolute Gasteiger partial charge is 0.493 e. The second-order valence-corrected chi connectivity index (χ2v) is 8.29. The predicted molar refractivity (Wildman–Crippen MR) is 103 cm³/mol. The first-order valence-electron chi connectivity index (χ1n) is 9.90. The van der Waals surface area contributed by atoms with Crippen molar-refractivity contribution in [3.8, 4) is 5.75 Å². The minimum atomic E-state index is -0.777. The zero-order chi connectivity index (χ0) is 19.4. The lowest BCUT2D eigenvalue weighted by Crippen LogP contribution is -2.55. The Balaban J connectivity index is 1.48.